The van der Waals surface area contributed by atoms with Gasteiger partial charge in [-0.3, -0.25) is 4.79 Å². The number of amides is 1. The fourth-order valence-corrected chi connectivity index (χ4v) is 2.41. The number of nitrogens with two attached hydrogens (primary N) is 1. The van der Waals surface area contributed by atoms with Gasteiger partial charge in [-0.2, -0.15) is 0 Å². The van der Waals surface area contributed by atoms with E-state index >= 15 is 0 Å². The van der Waals surface area contributed by atoms with Gasteiger partial charge in [-0.25, -0.2) is 0 Å². The van der Waals surface area contributed by atoms with Crippen LogP contribution in [0.2, 0.25) is 0 Å². The van der Waals surface area contributed by atoms with Crippen molar-refractivity contribution in [1.29, 1.82) is 0 Å². The Labute approximate surface area is 109 Å². The number of nitrogens with one attached hydrogen (secondary N) is 1. The van der Waals surface area contributed by atoms with Gasteiger partial charge in [0.25, 0.3) is 5.91 Å². The maximum atomic E-state index is 11.6. The number of hydrogen-bond acceptors (Lipinski definition) is 3. The average molecular weight is 255 g/mol. The Balaban J connectivity index is 2.34. The number of nitrogens with zero attached hydrogens (tertiary/aromatic N) is 1. The second-order valence-corrected chi connectivity index (χ2v) is 4.53. The predicted octanol–water partition coefficient (Wildman–Crippen LogP) is 2.54. The van der Waals surface area contributed by atoms with Gasteiger partial charge in [0.1, 0.15) is 5.76 Å². The van der Waals surface area contributed by atoms with Crippen LogP contribution in [0.25, 0.3) is 22.0 Å². The number of rotatable bonds is 2. The van der Waals surface area contributed by atoms with E-state index in [2.05, 4.69) is 10.1 Å². The number of aromatic amines is 1. The molecule has 0 aliphatic rings. The van der Waals surface area contributed by atoms with Crippen LogP contribution in [0.1, 0.15) is 21.8 Å². The number of fused-ring (bicyclic) bond motifs is 1. The van der Waals surface area contributed by atoms with E-state index in [4.69, 9.17) is 10.3 Å². The van der Waals surface area contributed by atoms with Crippen molar-refractivity contribution in [3.63, 3.8) is 0 Å². The van der Waals surface area contributed by atoms with Crippen LogP contribution in [0, 0.1) is 13.8 Å². The Morgan fingerprint density at radius 1 is 1.37 bits per heavy atom. The van der Waals surface area contributed by atoms with Gasteiger partial charge in [0.05, 0.1) is 16.8 Å². The van der Waals surface area contributed by atoms with Crippen LogP contribution in [-0.4, -0.2) is 16.0 Å². The molecular formula is C14H13N3O2. The molecule has 0 radical (unpaired) electrons. The number of carbonyl (C=O) groups excluding carboxylic acids is 1. The van der Waals surface area contributed by atoms with Crippen molar-refractivity contribution in [3.8, 4) is 11.1 Å². The van der Waals surface area contributed by atoms with E-state index < -0.39 is 5.91 Å². The summed E-state index contributed by atoms with van der Waals surface area (Å²) in [6, 6.07) is 5.67. The van der Waals surface area contributed by atoms with Crippen molar-refractivity contribution in [2.45, 2.75) is 13.8 Å². The first kappa shape index (κ1) is 11.5. The molecule has 0 spiro atoms. The van der Waals surface area contributed by atoms with E-state index in [-0.39, 0.29) is 0 Å². The largest absolute Gasteiger partial charge is 0.366 e. The lowest BCUT2D eigenvalue weighted by Gasteiger charge is -2.05. The molecular weight excluding hydrogens is 242 g/mol. The van der Waals surface area contributed by atoms with Gasteiger partial charge >= 0.3 is 0 Å². The Kier molecular flexibility index (Phi) is 2.41. The molecule has 3 aromatic rings. The van der Waals surface area contributed by atoms with E-state index in [1.54, 1.807) is 12.3 Å². The molecule has 0 bridgehead atoms. The van der Waals surface area contributed by atoms with Gasteiger partial charge in [-0.15, -0.1) is 0 Å². The molecule has 96 valence electrons. The zero-order valence-electron chi connectivity index (χ0n) is 10.7. The molecule has 3 N–H and O–H groups in total. The van der Waals surface area contributed by atoms with Crippen LogP contribution in [0.5, 0.6) is 0 Å². The highest BCUT2D eigenvalue weighted by Gasteiger charge is 2.16. The molecule has 0 unspecified atom stereocenters. The smallest absolute Gasteiger partial charge is 0.250 e. The summed E-state index contributed by atoms with van der Waals surface area (Å²) in [6.07, 6.45) is 1.79. The van der Waals surface area contributed by atoms with Crippen molar-refractivity contribution >= 4 is 16.8 Å². The third kappa shape index (κ3) is 1.71. The van der Waals surface area contributed by atoms with Crippen molar-refractivity contribution < 1.29 is 9.32 Å². The van der Waals surface area contributed by atoms with Gasteiger partial charge in [-0.1, -0.05) is 5.16 Å². The number of primary amides is 1. The zero-order valence-corrected chi connectivity index (χ0v) is 10.7. The highest BCUT2D eigenvalue weighted by molar-refractivity contribution is 6.06. The zero-order chi connectivity index (χ0) is 13.6. The maximum absolute atomic E-state index is 11.6. The molecule has 0 saturated heterocycles. The fraction of sp³-hybridized carbons (Fsp3) is 0.143. The lowest BCUT2D eigenvalue weighted by molar-refractivity contribution is 0.100. The van der Waals surface area contributed by atoms with Crippen LogP contribution in [0.15, 0.2) is 28.9 Å². The number of hydrogen-bond donors (Lipinski definition) is 2. The van der Waals surface area contributed by atoms with E-state index in [1.807, 2.05) is 26.0 Å². The Morgan fingerprint density at radius 2 is 2.16 bits per heavy atom. The molecule has 5 nitrogen and oxygen atoms in total. The molecule has 1 amide bonds. The van der Waals surface area contributed by atoms with E-state index in [9.17, 15) is 4.79 Å². The van der Waals surface area contributed by atoms with Crippen LogP contribution >= 0.6 is 0 Å². The summed E-state index contributed by atoms with van der Waals surface area (Å²) < 4.78 is 5.17. The molecule has 3 rings (SSSR count). The minimum Gasteiger partial charge on any atom is -0.366 e. The standard InChI is InChI=1S/C14H13N3O2/c1-7-12(8(2)19-17-7)10-5-9-3-4-16-13(9)11(6-10)14(15)18/h3-6,16H,1-2H3,(H2,15,18). The Bertz CT molecular complexity index is 764. The molecule has 0 aliphatic heterocycles. The Hall–Kier alpha value is -2.56. The summed E-state index contributed by atoms with van der Waals surface area (Å²) >= 11 is 0. The molecule has 1 aromatic carbocycles. The summed E-state index contributed by atoms with van der Waals surface area (Å²) in [5, 5.41) is 4.87. The molecule has 19 heavy (non-hydrogen) atoms. The fourth-order valence-electron chi connectivity index (χ4n) is 2.41. The summed E-state index contributed by atoms with van der Waals surface area (Å²) in [7, 11) is 0. The lowest BCUT2D eigenvalue weighted by Crippen LogP contribution is -2.11. The molecule has 0 fully saturated rings. The monoisotopic (exact) mass is 255 g/mol. The Morgan fingerprint density at radius 3 is 2.79 bits per heavy atom. The first-order chi connectivity index (χ1) is 9.08. The molecule has 2 aromatic heterocycles. The average Bonchev–Trinajstić information content (AvgIpc) is 2.94. The quantitative estimate of drug-likeness (QED) is 0.737. The number of aryl methyl sites for hydroxylation is 2. The van der Waals surface area contributed by atoms with Crippen LogP contribution < -0.4 is 5.73 Å². The highest BCUT2D eigenvalue weighted by Crippen LogP contribution is 2.31. The third-order valence-corrected chi connectivity index (χ3v) is 3.25. The van der Waals surface area contributed by atoms with Crippen LogP contribution in [0.3, 0.4) is 0 Å². The summed E-state index contributed by atoms with van der Waals surface area (Å²) in [4.78, 5) is 14.6. The van der Waals surface area contributed by atoms with Gasteiger partial charge < -0.3 is 15.2 Å². The second-order valence-electron chi connectivity index (χ2n) is 4.53. The number of aromatic nitrogens is 2. The highest BCUT2D eigenvalue weighted by atomic mass is 16.5. The van der Waals surface area contributed by atoms with Crippen LogP contribution in [-0.2, 0) is 0 Å². The SMILES string of the molecule is Cc1noc(C)c1-c1cc(C(N)=O)c2[nH]ccc2c1. The van der Waals surface area contributed by atoms with E-state index in [0.29, 0.717) is 5.56 Å². The van der Waals surface area contributed by atoms with Gasteiger partial charge in [0.2, 0.25) is 0 Å². The lowest BCUT2D eigenvalue weighted by atomic mass is 9.99. The topological polar surface area (TPSA) is 84.9 Å². The van der Waals surface area contributed by atoms with E-state index in [1.165, 1.54) is 0 Å². The number of benzene rings is 1. The third-order valence-electron chi connectivity index (χ3n) is 3.25. The first-order valence-electron chi connectivity index (χ1n) is 5.92. The normalized spacial score (nSPS) is 11.1. The second kappa shape index (κ2) is 3.98. The molecule has 5 heteroatoms. The van der Waals surface area contributed by atoms with Gasteiger partial charge in [-0.05, 0) is 37.6 Å². The van der Waals surface area contributed by atoms with Crippen molar-refractivity contribution in [1.82, 2.24) is 10.1 Å². The maximum Gasteiger partial charge on any atom is 0.250 e. The molecule has 0 atom stereocenters. The van der Waals surface area contributed by atoms with Crippen molar-refractivity contribution in [2.24, 2.45) is 5.73 Å². The van der Waals surface area contributed by atoms with Crippen LogP contribution in [0.4, 0.5) is 0 Å². The van der Waals surface area contributed by atoms with Gasteiger partial charge in [0, 0.05) is 17.1 Å². The molecule has 2 heterocycles. The predicted molar refractivity (Wildman–Crippen MR) is 71.8 cm³/mol. The van der Waals surface area contributed by atoms with Crippen molar-refractivity contribution in [2.75, 3.05) is 0 Å². The first-order valence-corrected chi connectivity index (χ1v) is 5.92. The van der Waals surface area contributed by atoms with Gasteiger partial charge in [0.15, 0.2) is 0 Å². The number of carbonyl (C=O) groups is 1. The minimum absolute atomic E-state index is 0.457. The van der Waals surface area contributed by atoms with Crippen molar-refractivity contribution in [3.05, 3.63) is 41.4 Å². The summed E-state index contributed by atoms with van der Waals surface area (Å²) in [5.41, 5.74) is 9.25. The van der Waals surface area contributed by atoms with E-state index in [0.717, 1.165) is 33.5 Å². The summed E-state index contributed by atoms with van der Waals surface area (Å²) in [6.45, 7) is 3.72. The summed E-state index contributed by atoms with van der Waals surface area (Å²) in [5.74, 6) is 0.267. The molecule has 0 aliphatic carbocycles. The number of H-pyrrole nitrogens is 1. The minimum atomic E-state index is -0.457. The molecule has 0 saturated carbocycles.